The summed E-state index contributed by atoms with van der Waals surface area (Å²) in [5.41, 5.74) is 0. The van der Waals surface area contributed by atoms with Crippen LogP contribution in [0.15, 0.2) is 0 Å². The van der Waals surface area contributed by atoms with Crippen molar-refractivity contribution in [2.75, 3.05) is 26.4 Å². The zero-order chi connectivity index (χ0) is 17.4. The SMILES string of the molecule is CC1C(C)C(C)C(C(=O)OCC2CO2)C(C(=O)OCC2CO2)C1C. The van der Waals surface area contributed by atoms with E-state index < -0.39 is 11.8 Å². The molecule has 24 heavy (non-hydrogen) atoms. The van der Waals surface area contributed by atoms with Crippen molar-refractivity contribution in [1.82, 2.24) is 0 Å². The second kappa shape index (κ2) is 7.00. The minimum absolute atomic E-state index is 0.0269. The van der Waals surface area contributed by atoms with E-state index in [1.54, 1.807) is 0 Å². The molecule has 2 saturated heterocycles. The van der Waals surface area contributed by atoms with Gasteiger partial charge in [-0.2, -0.15) is 0 Å². The van der Waals surface area contributed by atoms with E-state index in [1.165, 1.54) is 0 Å². The molecule has 3 fully saturated rings. The number of ether oxygens (including phenoxy) is 4. The lowest BCUT2D eigenvalue weighted by Crippen LogP contribution is -2.50. The Hall–Kier alpha value is -1.14. The van der Waals surface area contributed by atoms with Crippen LogP contribution in [-0.2, 0) is 28.5 Å². The predicted molar refractivity (Wildman–Crippen MR) is 85.0 cm³/mol. The number of epoxide rings is 2. The molecule has 6 nitrogen and oxygen atoms in total. The molecule has 6 heteroatoms. The van der Waals surface area contributed by atoms with Gasteiger partial charge in [0.2, 0.25) is 0 Å². The molecule has 0 aromatic carbocycles. The second-order valence-electron chi connectivity index (χ2n) is 7.66. The smallest absolute Gasteiger partial charge is 0.310 e. The van der Waals surface area contributed by atoms with Crippen molar-refractivity contribution in [2.24, 2.45) is 35.5 Å². The van der Waals surface area contributed by atoms with Gasteiger partial charge < -0.3 is 18.9 Å². The van der Waals surface area contributed by atoms with Gasteiger partial charge in [0.1, 0.15) is 25.4 Å². The summed E-state index contributed by atoms with van der Waals surface area (Å²) in [6.45, 7) is 10.2. The summed E-state index contributed by atoms with van der Waals surface area (Å²) in [5.74, 6) is -0.704. The van der Waals surface area contributed by atoms with Crippen LogP contribution < -0.4 is 0 Å². The van der Waals surface area contributed by atoms with E-state index in [4.69, 9.17) is 18.9 Å². The number of esters is 2. The largest absolute Gasteiger partial charge is 0.463 e. The van der Waals surface area contributed by atoms with Crippen molar-refractivity contribution >= 4 is 11.9 Å². The minimum atomic E-state index is -0.461. The van der Waals surface area contributed by atoms with Crippen molar-refractivity contribution in [3.63, 3.8) is 0 Å². The molecule has 1 saturated carbocycles. The average molecular weight is 340 g/mol. The molecule has 136 valence electrons. The number of rotatable bonds is 6. The molecule has 0 aromatic rings. The summed E-state index contributed by atoms with van der Waals surface area (Å²) in [5, 5.41) is 0. The molecule has 0 aromatic heterocycles. The standard InChI is InChI=1S/C18H28O6/c1-9-10(2)12(4)16(18(20)24-8-14-6-22-14)15(11(9)3)17(19)23-7-13-5-21-13/h9-16H,5-8H2,1-4H3. The number of carbonyl (C=O) groups is 2. The Labute approximate surface area is 143 Å². The highest BCUT2D eigenvalue weighted by molar-refractivity contribution is 5.83. The van der Waals surface area contributed by atoms with Gasteiger partial charge in [-0.1, -0.05) is 27.7 Å². The first-order valence-electron chi connectivity index (χ1n) is 8.96. The molecule has 1 aliphatic carbocycles. The van der Waals surface area contributed by atoms with E-state index in [-0.39, 0.29) is 49.2 Å². The van der Waals surface area contributed by atoms with Crippen LogP contribution in [0, 0.1) is 35.5 Å². The zero-order valence-corrected chi connectivity index (χ0v) is 14.9. The predicted octanol–water partition coefficient (Wildman–Crippen LogP) is 1.66. The average Bonchev–Trinajstić information content (AvgIpc) is 3.45. The minimum Gasteiger partial charge on any atom is -0.463 e. The van der Waals surface area contributed by atoms with Crippen molar-refractivity contribution in [3.05, 3.63) is 0 Å². The third kappa shape index (κ3) is 3.75. The van der Waals surface area contributed by atoms with Gasteiger partial charge in [0.15, 0.2) is 0 Å². The molecule has 0 spiro atoms. The van der Waals surface area contributed by atoms with Crippen LogP contribution in [0.4, 0.5) is 0 Å². The van der Waals surface area contributed by atoms with Gasteiger partial charge in [0.05, 0.1) is 25.0 Å². The van der Waals surface area contributed by atoms with Crippen molar-refractivity contribution in [2.45, 2.75) is 39.9 Å². The summed E-state index contributed by atoms with van der Waals surface area (Å²) in [4.78, 5) is 25.4. The fourth-order valence-corrected chi connectivity index (χ4v) is 3.86. The molecule has 2 heterocycles. The Bertz CT molecular complexity index is 440. The summed E-state index contributed by atoms with van der Waals surface area (Å²) in [6.07, 6.45) is 0.0538. The third-order valence-electron chi connectivity index (χ3n) is 6.18. The van der Waals surface area contributed by atoms with E-state index in [0.717, 1.165) is 0 Å². The van der Waals surface area contributed by atoms with Crippen LogP contribution in [0.2, 0.25) is 0 Å². The fraction of sp³-hybridized carbons (Fsp3) is 0.889. The molecule has 2 aliphatic heterocycles. The molecule has 0 bridgehead atoms. The zero-order valence-electron chi connectivity index (χ0n) is 14.9. The number of carbonyl (C=O) groups excluding carboxylic acids is 2. The van der Waals surface area contributed by atoms with Crippen LogP contribution in [0.1, 0.15) is 27.7 Å². The molecule has 8 unspecified atom stereocenters. The van der Waals surface area contributed by atoms with Crippen molar-refractivity contribution in [3.8, 4) is 0 Å². The Balaban J connectivity index is 1.72. The molecular weight excluding hydrogens is 312 g/mol. The van der Waals surface area contributed by atoms with E-state index in [9.17, 15) is 9.59 Å². The highest BCUT2D eigenvalue weighted by Gasteiger charge is 2.51. The lowest BCUT2D eigenvalue weighted by molar-refractivity contribution is -0.173. The van der Waals surface area contributed by atoms with Gasteiger partial charge in [0, 0.05) is 0 Å². The monoisotopic (exact) mass is 340 g/mol. The normalized spacial score (nSPS) is 43.8. The van der Waals surface area contributed by atoms with E-state index in [0.29, 0.717) is 25.0 Å². The highest BCUT2D eigenvalue weighted by atomic mass is 16.6. The van der Waals surface area contributed by atoms with Gasteiger partial charge >= 0.3 is 11.9 Å². The summed E-state index contributed by atoms with van der Waals surface area (Å²) in [6, 6.07) is 0. The first-order chi connectivity index (χ1) is 11.4. The topological polar surface area (TPSA) is 77.7 Å². The van der Waals surface area contributed by atoms with Crippen LogP contribution in [0.5, 0.6) is 0 Å². The molecular formula is C18H28O6. The van der Waals surface area contributed by atoms with Gasteiger partial charge in [0.25, 0.3) is 0 Å². The Kier molecular flexibility index (Phi) is 5.16. The highest BCUT2D eigenvalue weighted by Crippen LogP contribution is 2.46. The Morgan fingerprint density at radius 3 is 1.38 bits per heavy atom. The first kappa shape index (κ1) is 17.7. The maximum atomic E-state index is 12.7. The fourth-order valence-electron chi connectivity index (χ4n) is 3.86. The third-order valence-corrected chi connectivity index (χ3v) is 6.18. The van der Waals surface area contributed by atoms with E-state index >= 15 is 0 Å². The number of hydrogen-bond acceptors (Lipinski definition) is 6. The maximum absolute atomic E-state index is 12.7. The molecule has 3 rings (SSSR count). The van der Waals surface area contributed by atoms with Gasteiger partial charge in [-0.05, 0) is 23.7 Å². The van der Waals surface area contributed by atoms with Gasteiger partial charge in [-0.25, -0.2) is 0 Å². The maximum Gasteiger partial charge on any atom is 0.310 e. The van der Waals surface area contributed by atoms with Crippen molar-refractivity contribution < 1.29 is 28.5 Å². The molecule has 3 aliphatic rings. The van der Waals surface area contributed by atoms with Gasteiger partial charge in [-0.3, -0.25) is 9.59 Å². The van der Waals surface area contributed by atoms with Crippen LogP contribution in [-0.4, -0.2) is 50.6 Å². The van der Waals surface area contributed by atoms with Crippen molar-refractivity contribution in [1.29, 1.82) is 0 Å². The first-order valence-corrected chi connectivity index (χ1v) is 8.96. The van der Waals surface area contributed by atoms with Crippen LogP contribution in [0.25, 0.3) is 0 Å². The lowest BCUT2D eigenvalue weighted by atomic mass is 9.58. The molecule has 8 atom stereocenters. The second-order valence-corrected chi connectivity index (χ2v) is 7.66. The van der Waals surface area contributed by atoms with Crippen LogP contribution >= 0.6 is 0 Å². The molecule has 0 N–H and O–H groups in total. The summed E-state index contributed by atoms with van der Waals surface area (Å²) >= 11 is 0. The summed E-state index contributed by atoms with van der Waals surface area (Å²) in [7, 11) is 0. The Morgan fingerprint density at radius 2 is 1.08 bits per heavy atom. The molecule has 0 radical (unpaired) electrons. The lowest BCUT2D eigenvalue weighted by Gasteiger charge is -2.45. The van der Waals surface area contributed by atoms with E-state index in [1.807, 2.05) is 13.8 Å². The quantitative estimate of drug-likeness (QED) is 0.540. The number of hydrogen-bond donors (Lipinski definition) is 0. The van der Waals surface area contributed by atoms with Gasteiger partial charge in [-0.15, -0.1) is 0 Å². The van der Waals surface area contributed by atoms with E-state index in [2.05, 4.69) is 13.8 Å². The Morgan fingerprint density at radius 1 is 0.750 bits per heavy atom. The van der Waals surface area contributed by atoms with Crippen LogP contribution in [0.3, 0.4) is 0 Å². The molecule has 0 amide bonds. The summed E-state index contributed by atoms with van der Waals surface area (Å²) < 4.78 is 21.1.